The van der Waals surface area contributed by atoms with Crippen LogP contribution in [0.2, 0.25) is 0 Å². The second-order valence-corrected chi connectivity index (χ2v) is 8.57. The lowest BCUT2D eigenvalue weighted by Gasteiger charge is -2.25. The van der Waals surface area contributed by atoms with E-state index in [1.807, 2.05) is 6.08 Å². The summed E-state index contributed by atoms with van der Waals surface area (Å²) in [4.78, 5) is 23.6. The number of rotatable bonds is 22. The lowest BCUT2D eigenvalue weighted by molar-refractivity contribution is -0.166. The number of carbonyl (C=O) groups is 2. The van der Waals surface area contributed by atoms with Crippen molar-refractivity contribution in [3.63, 3.8) is 0 Å². The van der Waals surface area contributed by atoms with E-state index in [4.69, 9.17) is 0 Å². The molecule has 0 radical (unpaired) electrons. The lowest BCUT2D eigenvalue weighted by atomic mass is 9.78. The van der Waals surface area contributed by atoms with Gasteiger partial charge in [-0.3, -0.25) is 9.59 Å². The number of hydrogen-bond acceptors (Lipinski definition) is 2. The Kier molecular flexibility index (Phi) is 17.8. The Morgan fingerprint density at radius 2 is 1.00 bits per heavy atom. The predicted octanol–water partition coefficient (Wildman–Crippen LogP) is 7.76. The third-order valence-electron chi connectivity index (χ3n) is 6.04. The van der Waals surface area contributed by atoms with E-state index in [1.54, 1.807) is 0 Å². The first-order valence-electron chi connectivity index (χ1n) is 12.1. The smallest absolute Gasteiger partial charge is 0.321 e. The molecule has 0 fully saturated rings. The van der Waals surface area contributed by atoms with Gasteiger partial charge in [0.15, 0.2) is 5.41 Å². The molecule has 0 aliphatic heterocycles. The molecular weight excluding hydrogens is 364 g/mol. The molecule has 2 N–H and O–H groups in total. The highest BCUT2D eigenvalue weighted by molar-refractivity contribution is 5.98. The highest BCUT2D eigenvalue weighted by atomic mass is 16.4. The van der Waals surface area contributed by atoms with E-state index >= 15 is 0 Å². The number of unbranched alkanes of at least 4 members (excludes halogenated alkanes) is 15. The van der Waals surface area contributed by atoms with Gasteiger partial charge in [0.2, 0.25) is 0 Å². The number of carboxylic acid groups (broad SMARTS) is 2. The van der Waals surface area contributed by atoms with Gasteiger partial charge in [-0.05, 0) is 25.7 Å². The van der Waals surface area contributed by atoms with Crippen LogP contribution in [0.1, 0.15) is 129 Å². The third kappa shape index (κ3) is 13.5. The van der Waals surface area contributed by atoms with Gasteiger partial charge >= 0.3 is 11.9 Å². The van der Waals surface area contributed by atoms with Gasteiger partial charge in [0.25, 0.3) is 0 Å². The Balaban J connectivity index is 4.09. The molecule has 0 saturated heterocycles. The van der Waals surface area contributed by atoms with Crippen molar-refractivity contribution in [2.24, 2.45) is 5.41 Å². The van der Waals surface area contributed by atoms with E-state index in [-0.39, 0.29) is 12.8 Å². The molecule has 0 atom stereocenters. The van der Waals surface area contributed by atoms with E-state index in [2.05, 4.69) is 13.5 Å². The van der Waals surface area contributed by atoms with Crippen LogP contribution in [0.4, 0.5) is 0 Å². The quantitative estimate of drug-likeness (QED) is 0.109. The molecule has 0 amide bonds. The summed E-state index contributed by atoms with van der Waals surface area (Å²) in [5.41, 5.74) is -1.59. The van der Waals surface area contributed by atoms with Crippen molar-refractivity contribution in [3.05, 3.63) is 12.7 Å². The summed E-state index contributed by atoms with van der Waals surface area (Å²) in [7, 11) is 0. The normalized spacial score (nSPS) is 11.5. The first-order valence-corrected chi connectivity index (χ1v) is 12.1. The molecule has 0 rings (SSSR count). The number of allylic oxidation sites excluding steroid dienone is 1. The first-order chi connectivity index (χ1) is 14.0. The molecule has 29 heavy (non-hydrogen) atoms. The average Bonchev–Trinajstić information content (AvgIpc) is 2.69. The van der Waals surface area contributed by atoms with Crippen LogP contribution in [-0.4, -0.2) is 22.2 Å². The first kappa shape index (κ1) is 27.7. The zero-order chi connectivity index (χ0) is 21.8. The van der Waals surface area contributed by atoms with Crippen molar-refractivity contribution in [2.75, 3.05) is 0 Å². The van der Waals surface area contributed by atoms with Gasteiger partial charge in [0.1, 0.15) is 0 Å². The van der Waals surface area contributed by atoms with E-state index in [9.17, 15) is 19.8 Å². The topological polar surface area (TPSA) is 74.6 Å². The Morgan fingerprint density at radius 1 is 0.655 bits per heavy atom. The van der Waals surface area contributed by atoms with Crippen LogP contribution in [0.15, 0.2) is 12.7 Å². The summed E-state index contributed by atoms with van der Waals surface area (Å²) in [6, 6.07) is 0. The summed E-state index contributed by atoms with van der Waals surface area (Å²) >= 11 is 0. The molecule has 0 saturated carbocycles. The van der Waals surface area contributed by atoms with Gasteiger partial charge in [-0.1, -0.05) is 109 Å². The minimum atomic E-state index is -1.59. The van der Waals surface area contributed by atoms with E-state index in [1.165, 1.54) is 57.8 Å². The predicted molar refractivity (Wildman–Crippen MR) is 121 cm³/mol. The molecule has 0 unspecified atom stereocenters. The van der Waals surface area contributed by atoms with Crippen molar-refractivity contribution in [1.82, 2.24) is 0 Å². The minimum Gasteiger partial charge on any atom is -0.480 e. The van der Waals surface area contributed by atoms with Crippen LogP contribution in [0.25, 0.3) is 0 Å². The number of carboxylic acids is 2. The largest absolute Gasteiger partial charge is 0.480 e. The Bertz CT molecular complexity index is 417. The molecule has 4 nitrogen and oxygen atoms in total. The second kappa shape index (κ2) is 18.7. The summed E-state index contributed by atoms with van der Waals surface area (Å²) in [6.07, 6.45) is 21.1. The molecule has 0 aromatic heterocycles. The molecule has 0 aromatic carbocycles. The number of hydrogen-bond donors (Lipinski definition) is 2. The van der Waals surface area contributed by atoms with E-state index in [0.29, 0.717) is 12.8 Å². The van der Waals surface area contributed by atoms with Gasteiger partial charge in [0, 0.05) is 0 Å². The molecule has 170 valence electrons. The van der Waals surface area contributed by atoms with Crippen LogP contribution in [-0.2, 0) is 9.59 Å². The number of aliphatic carboxylic acids is 2. The fourth-order valence-corrected chi connectivity index (χ4v) is 3.98. The zero-order valence-corrected chi connectivity index (χ0v) is 18.9. The monoisotopic (exact) mass is 410 g/mol. The summed E-state index contributed by atoms with van der Waals surface area (Å²) in [6.45, 7) is 5.93. The van der Waals surface area contributed by atoms with E-state index < -0.39 is 17.4 Å². The van der Waals surface area contributed by atoms with Crippen LogP contribution < -0.4 is 0 Å². The van der Waals surface area contributed by atoms with Gasteiger partial charge in [0.05, 0.1) is 0 Å². The summed E-state index contributed by atoms with van der Waals surface area (Å²) in [5.74, 6) is -2.32. The molecule has 0 bridgehead atoms. The SMILES string of the molecule is C=CCCCCCCCCCC(CCCCCCCCCCC)(C(=O)O)C(=O)O. The highest BCUT2D eigenvalue weighted by Crippen LogP contribution is 2.33. The molecule has 0 aliphatic carbocycles. The van der Waals surface area contributed by atoms with Crippen LogP contribution in [0.5, 0.6) is 0 Å². The fourth-order valence-electron chi connectivity index (χ4n) is 3.98. The maximum atomic E-state index is 11.8. The molecule has 0 aromatic rings. The summed E-state index contributed by atoms with van der Waals surface area (Å²) in [5, 5.41) is 19.3. The molecule has 0 aliphatic rings. The Labute approximate surface area is 179 Å². The maximum absolute atomic E-state index is 11.8. The standard InChI is InChI=1S/C25H46O4/c1-3-5-7-9-11-13-15-17-19-21-25(23(26)27,24(28)29)22-20-18-16-14-12-10-8-6-4-2/h3H,1,4-22H2,2H3,(H,26,27)(H,28,29). The second-order valence-electron chi connectivity index (χ2n) is 8.57. The van der Waals surface area contributed by atoms with Gasteiger partial charge in [-0.2, -0.15) is 0 Å². The minimum absolute atomic E-state index is 0.255. The fraction of sp³-hybridized carbons (Fsp3) is 0.840. The molecule has 0 heterocycles. The molecule has 4 heteroatoms. The van der Waals surface area contributed by atoms with Crippen LogP contribution in [0, 0.1) is 5.41 Å². The lowest BCUT2D eigenvalue weighted by Crippen LogP contribution is -2.39. The van der Waals surface area contributed by atoms with E-state index in [0.717, 1.165) is 38.5 Å². The highest BCUT2D eigenvalue weighted by Gasteiger charge is 2.45. The van der Waals surface area contributed by atoms with Crippen molar-refractivity contribution in [3.8, 4) is 0 Å². The molecule has 0 spiro atoms. The summed E-state index contributed by atoms with van der Waals surface area (Å²) < 4.78 is 0. The third-order valence-corrected chi connectivity index (χ3v) is 6.04. The van der Waals surface area contributed by atoms with Gasteiger partial charge in [-0.15, -0.1) is 6.58 Å². The maximum Gasteiger partial charge on any atom is 0.321 e. The van der Waals surface area contributed by atoms with Crippen LogP contribution in [0.3, 0.4) is 0 Å². The van der Waals surface area contributed by atoms with Gasteiger partial charge < -0.3 is 10.2 Å². The zero-order valence-electron chi connectivity index (χ0n) is 18.9. The van der Waals surface area contributed by atoms with Gasteiger partial charge in [-0.25, -0.2) is 0 Å². The van der Waals surface area contributed by atoms with Crippen molar-refractivity contribution >= 4 is 11.9 Å². The van der Waals surface area contributed by atoms with Crippen molar-refractivity contribution < 1.29 is 19.8 Å². The molecular formula is C25H46O4. The Morgan fingerprint density at radius 3 is 1.34 bits per heavy atom. The Hall–Kier alpha value is -1.32. The van der Waals surface area contributed by atoms with Crippen LogP contribution >= 0.6 is 0 Å². The van der Waals surface area contributed by atoms with Crippen molar-refractivity contribution in [2.45, 2.75) is 129 Å². The average molecular weight is 411 g/mol. The van der Waals surface area contributed by atoms with Crippen molar-refractivity contribution in [1.29, 1.82) is 0 Å².